The lowest BCUT2D eigenvalue weighted by atomic mass is 9.94. The van der Waals surface area contributed by atoms with E-state index in [4.69, 9.17) is 5.26 Å². The van der Waals surface area contributed by atoms with E-state index in [1.807, 2.05) is 0 Å². The summed E-state index contributed by atoms with van der Waals surface area (Å²) in [4.78, 5) is 4.95. The van der Waals surface area contributed by atoms with Crippen molar-refractivity contribution >= 4 is 0 Å². The molecule has 92 valence electrons. The molecule has 1 aliphatic rings. The van der Waals surface area contributed by atoms with Gasteiger partial charge in [0.15, 0.2) is 0 Å². The highest BCUT2D eigenvalue weighted by Crippen LogP contribution is 2.16. The van der Waals surface area contributed by atoms with Gasteiger partial charge < -0.3 is 9.80 Å². The lowest BCUT2D eigenvalue weighted by Gasteiger charge is -2.34. The normalized spacial score (nSPS) is 22.6. The summed E-state index contributed by atoms with van der Waals surface area (Å²) in [6, 6.07) is 2.26. The molecule has 1 fully saturated rings. The number of piperazine rings is 1. The van der Waals surface area contributed by atoms with E-state index in [0.717, 1.165) is 0 Å². The summed E-state index contributed by atoms with van der Waals surface area (Å²) < 4.78 is 0. The summed E-state index contributed by atoms with van der Waals surface area (Å²) in [5, 5.41) is 8.63. The van der Waals surface area contributed by atoms with Crippen LogP contribution in [0.5, 0.6) is 0 Å². The van der Waals surface area contributed by atoms with Gasteiger partial charge in [-0.1, -0.05) is 13.8 Å². The Bertz CT molecular complexity index is 226. The van der Waals surface area contributed by atoms with E-state index in [1.165, 1.54) is 39.1 Å². The molecule has 0 aliphatic carbocycles. The number of likely N-dealkylation sites (N-methyl/N-ethyl adjacent to an activating group) is 1. The van der Waals surface area contributed by atoms with Crippen LogP contribution in [0, 0.1) is 23.2 Å². The fraction of sp³-hybridized carbons (Fsp3) is 0.923. The Labute approximate surface area is 100 Å². The first-order valence-corrected chi connectivity index (χ1v) is 6.39. The van der Waals surface area contributed by atoms with Gasteiger partial charge in [0.25, 0.3) is 0 Å². The highest BCUT2D eigenvalue weighted by molar-refractivity contribution is 4.76. The average molecular weight is 223 g/mol. The molecular formula is C13H25N3. The van der Waals surface area contributed by atoms with Crippen molar-refractivity contribution in [2.45, 2.75) is 26.7 Å². The molecule has 2 atom stereocenters. The van der Waals surface area contributed by atoms with Crippen LogP contribution in [0.2, 0.25) is 0 Å². The van der Waals surface area contributed by atoms with Crippen LogP contribution in [0.1, 0.15) is 26.7 Å². The molecule has 0 saturated carbocycles. The summed E-state index contributed by atoms with van der Waals surface area (Å²) in [7, 11) is 2.19. The molecule has 0 amide bonds. The van der Waals surface area contributed by atoms with Gasteiger partial charge in [-0.05, 0) is 25.3 Å². The number of hydrogen-bond acceptors (Lipinski definition) is 3. The second kappa shape index (κ2) is 6.88. The molecule has 0 aromatic rings. The molecule has 0 aromatic carbocycles. The van der Waals surface area contributed by atoms with Gasteiger partial charge in [0.1, 0.15) is 0 Å². The topological polar surface area (TPSA) is 30.3 Å². The van der Waals surface area contributed by atoms with Crippen molar-refractivity contribution in [2.24, 2.45) is 11.8 Å². The van der Waals surface area contributed by atoms with Crippen LogP contribution < -0.4 is 0 Å². The van der Waals surface area contributed by atoms with Crippen LogP contribution in [0.4, 0.5) is 0 Å². The Morgan fingerprint density at radius 3 is 2.31 bits per heavy atom. The average Bonchev–Trinajstić information content (AvgIpc) is 2.21. The molecule has 1 aliphatic heterocycles. The minimum atomic E-state index is 0.549. The Morgan fingerprint density at radius 1 is 1.12 bits per heavy atom. The number of nitrogens with zero attached hydrogens (tertiary/aromatic N) is 3. The SMILES string of the molecule is CC(CC#N)CC(C)CN1CCN(C)CC1. The Balaban J connectivity index is 2.19. The van der Waals surface area contributed by atoms with Crippen molar-refractivity contribution in [3.05, 3.63) is 0 Å². The Hall–Kier alpha value is -0.590. The largest absolute Gasteiger partial charge is 0.304 e. The first-order chi connectivity index (χ1) is 7.61. The van der Waals surface area contributed by atoms with Gasteiger partial charge in [-0.2, -0.15) is 5.26 Å². The van der Waals surface area contributed by atoms with Gasteiger partial charge >= 0.3 is 0 Å². The summed E-state index contributed by atoms with van der Waals surface area (Å²) in [5.74, 6) is 1.26. The molecule has 3 nitrogen and oxygen atoms in total. The van der Waals surface area contributed by atoms with Crippen molar-refractivity contribution in [1.82, 2.24) is 9.80 Å². The Kier molecular flexibility index (Phi) is 5.79. The highest BCUT2D eigenvalue weighted by Gasteiger charge is 2.17. The van der Waals surface area contributed by atoms with Crippen LogP contribution in [0.25, 0.3) is 0 Å². The molecule has 1 saturated heterocycles. The van der Waals surface area contributed by atoms with Crippen molar-refractivity contribution in [3.8, 4) is 6.07 Å². The molecule has 3 heteroatoms. The third-order valence-electron chi connectivity index (χ3n) is 3.41. The fourth-order valence-electron chi connectivity index (χ4n) is 2.47. The molecule has 0 bridgehead atoms. The maximum atomic E-state index is 8.63. The standard InChI is InChI=1S/C13H25N3/c1-12(4-5-14)10-13(2)11-16-8-6-15(3)7-9-16/h12-13H,4,6-11H2,1-3H3. The smallest absolute Gasteiger partial charge is 0.0624 e. The van der Waals surface area contributed by atoms with Gasteiger partial charge in [-0.15, -0.1) is 0 Å². The van der Waals surface area contributed by atoms with E-state index in [0.29, 0.717) is 18.3 Å². The molecule has 0 radical (unpaired) electrons. The minimum absolute atomic E-state index is 0.549. The Morgan fingerprint density at radius 2 is 1.75 bits per heavy atom. The lowest BCUT2D eigenvalue weighted by Crippen LogP contribution is -2.45. The van der Waals surface area contributed by atoms with Crippen LogP contribution >= 0.6 is 0 Å². The summed E-state index contributed by atoms with van der Waals surface area (Å²) in [6.07, 6.45) is 1.88. The monoisotopic (exact) mass is 223 g/mol. The third kappa shape index (κ3) is 4.96. The zero-order valence-electron chi connectivity index (χ0n) is 10.9. The predicted octanol–water partition coefficient (Wildman–Crippen LogP) is 1.81. The first kappa shape index (κ1) is 13.5. The van der Waals surface area contributed by atoms with Crippen molar-refractivity contribution in [3.63, 3.8) is 0 Å². The van der Waals surface area contributed by atoms with Gasteiger partial charge in [0.05, 0.1) is 6.07 Å². The summed E-state index contributed by atoms with van der Waals surface area (Å²) >= 11 is 0. The van der Waals surface area contributed by atoms with Crippen LogP contribution in [0.15, 0.2) is 0 Å². The molecule has 0 aromatic heterocycles. The van der Waals surface area contributed by atoms with Gasteiger partial charge in [-0.3, -0.25) is 0 Å². The van der Waals surface area contributed by atoms with Gasteiger partial charge in [0.2, 0.25) is 0 Å². The second-order valence-electron chi connectivity index (χ2n) is 5.41. The van der Waals surface area contributed by atoms with E-state index in [-0.39, 0.29) is 0 Å². The minimum Gasteiger partial charge on any atom is -0.304 e. The fourth-order valence-corrected chi connectivity index (χ4v) is 2.47. The second-order valence-corrected chi connectivity index (χ2v) is 5.41. The molecule has 16 heavy (non-hydrogen) atoms. The van der Waals surface area contributed by atoms with E-state index in [1.54, 1.807) is 0 Å². The van der Waals surface area contributed by atoms with Gasteiger partial charge in [0, 0.05) is 39.1 Å². The summed E-state index contributed by atoms with van der Waals surface area (Å²) in [6.45, 7) is 10.5. The lowest BCUT2D eigenvalue weighted by molar-refractivity contribution is 0.133. The number of rotatable bonds is 5. The van der Waals surface area contributed by atoms with Crippen LogP contribution in [-0.2, 0) is 0 Å². The van der Waals surface area contributed by atoms with Crippen molar-refractivity contribution < 1.29 is 0 Å². The maximum absolute atomic E-state index is 8.63. The molecule has 1 heterocycles. The van der Waals surface area contributed by atoms with E-state index >= 15 is 0 Å². The summed E-state index contributed by atoms with van der Waals surface area (Å²) in [5.41, 5.74) is 0. The third-order valence-corrected chi connectivity index (χ3v) is 3.41. The highest BCUT2D eigenvalue weighted by atomic mass is 15.2. The quantitative estimate of drug-likeness (QED) is 0.712. The zero-order chi connectivity index (χ0) is 12.0. The molecule has 0 N–H and O–H groups in total. The van der Waals surface area contributed by atoms with Crippen molar-refractivity contribution in [2.75, 3.05) is 39.8 Å². The van der Waals surface area contributed by atoms with Gasteiger partial charge in [-0.25, -0.2) is 0 Å². The first-order valence-electron chi connectivity index (χ1n) is 6.39. The van der Waals surface area contributed by atoms with E-state index < -0.39 is 0 Å². The number of hydrogen-bond donors (Lipinski definition) is 0. The number of nitriles is 1. The van der Waals surface area contributed by atoms with Crippen LogP contribution in [0.3, 0.4) is 0 Å². The molecule has 1 rings (SSSR count). The van der Waals surface area contributed by atoms with Crippen molar-refractivity contribution in [1.29, 1.82) is 5.26 Å². The van der Waals surface area contributed by atoms with Crippen LogP contribution in [-0.4, -0.2) is 49.6 Å². The molecule has 0 spiro atoms. The predicted molar refractivity (Wildman–Crippen MR) is 67.1 cm³/mol. The van der Waals surface area contributed by atoms with E-state index in [2.05, 4.69) is 36.8 Å². The zero-order valence-corrected chi connectivity index (χ0v) is 10.9. The maximum Gasteiger partial charge on any atom is 0.0624 e. The molecule has 2 unspecified atom stereocenters. The molecular weight excluding hydrogens is 198 g/mol. The van der Waals surface area contributed by atoms with E-state index in [9.17, 15) is 0 Å².